The van der Waals surface area contributed by atoms with E-state index in [9.17, 15) is 10.1 Å². The second kappa shape index (κ2) is 5.63. The second-order valence-electron chi connectivity index (χ2n) is 5.99. The summed E-state index contributed by atoms with van der Waals surface area (Å²) >= 11 is 0. The normalized spacial score (nSPS) is 21.2. The van der Waals surface area contributed by atoms with Gasteiger partial charge in [-0.1, -0.05) is 42.8 Å². The summed E-state index contributed by atoms with van der Waals surface area (Å²) in [6.07, 6.45) is 0.508. The minimum atomic E-state index is -1.27. The van der Waals surface area contributed by atoms with E-state index in [0.717, 1.165) is 21.0 Å². The molecule has 0 fully saturated rings. The molecule has 1 aliphatic heterocycles. The van der Waals surface area contributed by atoms with Crippen molar-refractivity contribution in [1.29, 1.82) is 0 Å². The largest absolute Gasteiger partial charge is 0.753 e. The first kappa shape index (κ1) is 15.4. The van der Waals surface area contributed by atoms with Gasteiger partial charge in [0.25, 0.3) is 5.70 Å². The molecule has 0 radical (unpaired) electrons. The zero-order valence-electron chi connectivity index (χ0n) is 13.6. The number of nitrogens with zero attached hydrogens (tertiary/aromatic N) is 2. The van der Waals surface area contributed by atoms with Crippen LogP contribution >= 0.6 is 0 Å². The smallest absolute Gasteiger partial charge is 0.306 e. The van der Waals surface area contributed by atoms with Crippen LogP contribution in [0.25, 0.3) is 5.70 Å². The monoisotopic (exact) mass is 308 g/mol. The van der Waals surface area contributed by atoms with E-state index >= 15 is 0 Å². The zero-order valence-corrected chi connectivity index (χ0v) is 13.6. The topological polar surface area (TPSA) is 46.4 Å². The van der Waals surface area contributed by atoms with Crippen LogP contribution in [-0.2, 0) is 5.66 Å². The standard InChI is InChI=1S/C19H20N2O2/c1-4-17-18(15-8-6-5-7-9-15)21(23)19(3,20(17)22)16-12-10-14(2)11-13-16/h5-13H,4H2,1-3H3/t19-/m1/s1. The summed E-state index contributed by atoms with van der Waals surface area (Å²) in [5, 5.41) is 13.8. The third-order valence-electron chi connectivity index (χ3n) is 4.49. The summed E-state index contributed by atoms with van der Waals surface area (Å²) < 4.78 is 0.860. The quantitative estimate of drug-likeness (QED) is 0.782. The SMILES string of the molecule is CCC1=C(c2ccccc2)[N+](=O)[C@](C)(c2ccc(C)cc2)N1[O-]. The fourth-order valence-corrected chi connectivity index (χ4v) is 3.07. The molecule has 2 aromatic carbocycles. The van der Waals surface area contributed by atoms with Crippen LogP contribution in [0, 0.1) is 17.0 Å². The molecule has 1 heterocycles. The Bertz CT molecular complexity index is 766. The molecule has 3 rings (SSSR count). The molecule has 4 heteroatoms. The number of allylic oxidation sites excluding steroid dienone is 1. The molecule has 23 heavy (non-hydrogen) atoms. The van der Waals surface area contributed by atoms with Crippen molar-refractivity contribution >= 4 is 5.70 Å². The molecule has 0 amide bonds. The van der Waals surface area contributed by atoms with Crippen LogP contribution in [0.5, 0.6) is 0 Å². The summed E-state index contributed by atoms with van der Waals surface area (Å²) in [4.78, 5) is 13.1. The molecule has 0 unspecified atom stereocenters. The molecule has 0 aliphatic carbocycles. The molecule has 2 aromatic rings. The van der Waals surface area contributed by atoms with Gasteiger partial charge in [0.2, 0.25) is 0 Å². The first-order chi connectivity index (χ1) is 11.0. The van der Waals surface area contributed by atoms with E-state index in [2.05, 4.69) is 0 Å². The first-order valence-electron chi connectivity index (χ1n) is 7.80. The van der Waals surface area contributed by atoms with E-state index in [0.29, 0.717) is 23.4 Å². The van der Waals surface area contributed by atoms with Gasteiger partial charge in [0.05, 0.1) is 16.0 Å². The third-order valence-corrected chi connectivity index (χ3v) is 4.49. The molecule has 0 saturated heterocycles. The maximum Gasteiger partial charge on any atom is 0.306 e. The molecule has 0 saturated carbocycles. The van der Waals surface area contributed by atoms with Gasteiger partial charge in [-0.2, -0.15) is 0 Å². The molecular formula is C19H20N2O2. The van der Waals surface area contributed by atoms with Crippen LogP contribution < -0.4 is 0 Å². The zero-order chi connectivity index (χ0) is 16.6. The Hall–Kier alpha value is -2.46. The highest BCUT2D eigenvalue weighted by atomic mass is 16.5. The van der Waals surface area contributed by atoms with E-state index in [1.807, 2.05) is 68.4 Å². The summed E-state index contributed by atoms with van der Waals surface area (Å²) in [5.41, 5.74) is 2.28. The molecule has 4 nitrogen and oxygen atoms in total. The fourth-order valence-electron chi connectivity index (χ4n) is 3.07. The van der Waals surface area contributed by atoms with Crippen molar-refractivity contribution in [2.24, 2.45) is 0 Å². The van der Waals surface area contributed by atoms with Crippen molar-refractivity contribution in [3.8, 4) is 0 Å². The maximum atomic E-state index is 13.1. The molecule has 0 aromatic heterocycles. The van der Waals surface area contributed by atoms with Crippen LogP contribution in [0.3, 0.4) is 0 Å². The Morgan fingerprint density at radius 2 is 1.70 bits per heavy atom. The highest BCUT2D eigenvalue weighted by molar-refractivity contribution is 5.64. The molecule has 0 N–H and O–H groups in total. The minimum absolute atomic E-state index is 0.464. The molecule has 1 aliphatic rings. The van der Waals surface area contributed by atoms with Gasteiger partial charge in [0.15, 0.2) is 0 Å². The van der Waals surface area contributed by atoms with Crippen LogP contribution in [0.2, 0.25) is 0 Å². The van der Waals surface area contributed by atoms with E-state index < -0.39 is 5.66 Å². The van der Waals surface area contributed by atoms with Gasteiger partial charge in [-0.05, 0) is 37.6 Å². The Balaban J connectivity index is 2.14. The highest BCUT2D eigenvalue weighted by Crippen LogP contribution is 2.45. The van der Waals surface area contributed by atoms with E-state index in [4.69, 9.17) is 0 Å². The number of benzene rings is 2. The summed E-state index contributed by atoms with van der Waals surface area (Å²) in [6, 6.07) is 16.9. The fraction of sp³-hybridized carbons (Fsp3) is 0.263. The predicted molar refractivity (Wildman–Crippen MR) is 91.0 cm³/mol. The number of nitroso groups, excluding NO2 is 1. The lowest BCUT2D eigenvalue weighted by Crippen LogP contribution is -2.41. The molecular weight excluding hydrogens is 288 g/mol. The van der Waals surface area contributed by atoms with Gasteiger partial charge >= 0.3 is 5.66 Å². The van der Waals surface area contributed by atoms with Crippen molar-refractivity contribution < 1.29 is 4.76 Å². The first-order valence-corrected chi connectivity index (χ1v) is 7.80. The lowest BCUT2D eigenvalue weighted by Gasteiger charge is -2.35. The molecule has 0 bridgehead atoms. The Morgan fingerprint density at radius 1 is 1.09 bits per heavy atom. The second-order valence-corrected chi connectivity index (χ2v) is 5.99. The number of hydrogen-bond donors (Lipinski definition) is 0. The summed E-state index contributed by atoms with van der Waals surface area (Å²) in [6.45, 7) is 5.57. The Morgan fingerprint density at radius 3 is 2.26 bits per heavy atom. The van der Waals surface area contributed by atoms with Gasteiger partial charge in [0.1, 0.15) is 0 Å². The van der Waals surface area contributed by atoms with Gasteiger partial charge in [-0.25, -0.2) is 0 Å². The van der Waals surface area contributed by atoms with Crippen molar-refractivity contribution in [3.63, 3.8) is 0 Å². The predicted octanol–water partition coefficient (Wildman–Crippen LogP) is 4.54. The Kier molecular flexibility index (Phi) is 3.78. The van der Waals surface area contributed by atoms with Gasteiger partial charge in [-0.15, -0.1) is 0 Å². The third kappa shape index (κ3) is 2.26. The van der Waals surface area contributed by atoms with E-state index in [1.165, 1.54) is 0 Å². The average Bonchev–Trinajstić information content (AvgIpc) is 2.77. The van der Waals surface area contributed by atoms with Gasteiger partial charge in [0, 0.05) is 17.4 Å². The Labute approximate surface area is 136 Å². The maximum absolute atomic E-state index is 13.1. The van der Waals surface area contributed by atoms with Crippen LogP contribution in [0.1, 0.15) is 37.0 Å². The van der Waals surface area contributed by atoms with Gasteiger partial charge in [-0.3, -0.25) is 0 Å². The van der Waals surface area contributed by atoms with Crippen LogP contribution in [0.4, 0.5) is 0 Å². The number of hydroxylamine groups is 2. The molecule has 1 atom stereocenters. The molecule has 118 valence electrons. The minimum Gasteiger partial charge on any atom is -0.753 e. The van der Waals surface area contributed by atoms with Crippen molar-refractivity contribution in [2.45, 2.75) is 32.9 Å². The number of rotatable bonds is 3. The van der Waals surface area contributed by atoms with Crippen molar-refractivity contribution in [2.75, 3.05) is 0 Å². The number of hydrogen-bond acceptors (Lipinski definition) is 3. The summed E-state index contributed by atoms with van der Waals surface area (Å²) in [5.74, 6) is 0. The van der Waals surface area contributed by atoms with E-state index in [-0.39, 0.29) is 0 Å². The number of aryl methyl sites for hydroxylation is 1. The average molecular weight is 308 g/mol. The van der Waals surface area contributed by atoms with Crippen LogP contribution in [-0.4, -0.2) is 9.82 Å². The summed E-state index contributed by atoms with van der Waals surface area (Å²) in [7, 11) is 0. The van der Waals surface area contributed by atoms with Crippen molar-refractivity contribution in [1.82, 2.24) is 5.06 Å². The lowest BCUT2D eigenvalue weighted by atomic mass is 10.00. The molecule has 0 spiro atoms. The highest BCUT2D eigenvalue weighted by Gasteiger charge is 2.54. The van der Waals surface area contributed by atoms with Crippen molar-refractivity contribution in [3.05, 3.63) is 87.1 Å². The van der Waals surface area contributed by atoms with Gasteiger partial charge < -0.3 is 10.3 Å². The lowest BCUT2D eigenvalue weighted by molar-refractivity contribution is -0.565. The van der Waals surface area contributed by atoms with E-state index in [1.54, 1.807) is 6.92 Å². The van der Waals surface area contributed by atoms with Crippen LogP contribution in [0.15, 0.2) is 60.3 Å².